The summed E-state index contributed by atoms with van der Waals surface area (Å²) < 4.78 is 5.17. The summed E-state index contributed by atoms with van der Waals surface area (Å²) in [5, 5.41) is 18.6. The highest BCUT2D eigenvalue weighted by atomic mass is 79.9. The molecule has 0 aliphatic rings. The fourth-order valence-corrected chi connectivity index (χ4v) is 2.07. The molecule has 0 aromatic rings. The first kappa shape index (κ1) is 17.9. The lowest BCUT2D eigenvalue weighted by atomic mass is 9.76. The van der Waals surface area contributed by atoms with Gasteiger partial charge in [-0.05, 0) is 25.7 Å². The minimum atomic E-state index is -0.577. The van der Waals surface area contributed by atoms with Crippen LogP contribution in [-0.2, 0) is 9.53 Å². The Balaban J connectivity index is 4.39. The number of alkyl halides is 1. The summed E-state index contributed by atoms with van der Waals surface area (Å²) in [6, 6.07) is 0. The standard InChI is InChI=1S/C13H25BrO4/c1-12(2,9-14)8-13(3,4)11(17)18-7-10(5-15)6-16/h10,15-16H,5-9H2,1-4H3. The second-order valence-electron chi connectivity index (χ2n) is 6.19. The molecule has 0 rings (SSSR count). The highest BCUT2D eigenvalue weighted by Gasteiger charge is 2.35. The quantitative estimate of drug-likeness (QED) is 0.529. The predicted molar refractivity (Wildman–Crippen MR) is 74.6 cm³/mol. The van der Waals surface area contributed by atoms with Crippen LogP contribution in [0.15, 0.2) is 0 Å². The van der Waals surface area contributed by atoms with Gasteiger partial charge in [-0.25, -0.2) is 0 Å². The lowest BCUT2D eigenvalue weighted by Crippen LogP contribution is -2.34. The molecular formula is C13H25BrO4. The van der Waals surface area contributed by atoms with Crippen molar-refractivity contribution < 1.29 is 19.7 Å². The monoisotopic (exact) mass is 324 g/mol. The molecule has 0 spiro atoms. The van der Waals surface area contributed by atoms with Crippen molar-refractivity contribution in [2.24, 2.45) is 16.7 Å². The van der Waals surface area contributed by atoms with Crippen LogP contribution >= 0.6 is 15.9 Å². The fourth-order valence-electron chi connectivity index (χ4n) is 1.87. The van der Waals surface area contributed by atoms with Gasteiger partial charge in [-0.1, -0.05) is 29.8 Å². The second kappa shape index (κ2) is 7.46. The molecule has 0 radical (unpaired) electrons. The predicted octanol–water partition coefficient (Wildman–Crippen LogP) is 1.97. The van der Waals surface area contributed by atoms with Gasteiger partial charge in [-0.2, -0.15) is 0 Å². The molecular weight excluding hydrogens is 300 g/mol. The third kappa shape index (κ3) is 6.16. The molecule has 2 N–H and O–H groups in total. The molecule has 0 unspecified atom stereocenters. The summed E-state index contributed by atoms with van der Waals surface area (Å²) in [6.07, 6.45) is 0.701. The van der Waals surface area contributed by atoms with Crippen LogP contribution in [0.3, 0.4) is 0 Å². The van der Waals surface area contributed by atoms with E-state index in [0.29, 0.717) is 6.42 Å². The minimum Gasteiger partial charge on any atom is -0.465 e. The summed E-state index contributed by atoms with van der Waals surface area (Å²) in [5.41, 5.74) is -0.567. The highest BCUT2D eigenvalue weighted by molar-refractivity contribution is 9.09. The van der Waals surface area contributed by atoms with Crippen molar-refractivity contribution in [1.29, 1.82) is 0 Å². The maximum Gasteiger partial charge on any atom is 0.311 e. The molecule has 0 fully saturated rings. The van der Waals surface area contributed by atoms with Crippen molar-refractivity contribution in [3.63, 3.8) is 0 Å². The number of hydrogen-bond donors (Lipinski definition) is 2. The zero-order valence-electron chi connectivity index (χ0n) is 11.7. The van der Waals surface area contributed by atoms with E-state index >= 15 is 0 Å². The molecule has 0 aromatic heterocycles. The molecule has 108 valence electrons. The number of halogens is 1. The van der Waals surface area contributed by atoms with E-state index in [4.69, 9.17) is 14.9 Å². The highest BCUT2D eigenvalue weighted by Crippen LogP contribution is 2.35. The summed E-state index contributed by atoms with van der Waals surface area (Å²) in [6.45, 7) is 7.57. The van der Waals surface area contributed by atoms with Crippen LogP contribution in [0.1, 0.15) is 34.1 Å². The van der Waals surface area contributed by atoms with Gasteiger partial charge >= 0.3 is 5.97 Å². The van der Waals surface area contributed by atoms with Crippen molar-refractivity contribution in [2.45, 2.75) is 34.1 Å². The normalized spacial score (nSPS) is 12.9. The maximum absolute atomic E-state index is 12.0. The Morgan fingerprint density at radius 2 is 1.72 bits per heavy atom. The van der Waals surface area contributed by atoms with Gasteiger partial charge in [0.05, 0.1) is 25.2 Å². The minimum absolute atomic E-state index is 0.00980. The Hall–Kier alpha value is -0.130. The molecule has 0 saturated carbocycles. The van der Waals surface area contributed by atoms with Gasteiger partial charge in [0, 0.05) is 11.2 Å². The Morgan fingerprint density at radius 3 is 2.11 bits per heavy atom. The van der Waals surface area contributed by atoms with Crippen LogP contribution in [0, 0.1) is 16.7 Å². The average molecular weight is 325 g/mol. The van der Waals surface area contributed by atoms with Crippen molar-refractivity contribution >= 4 is 21.9 Å². The lowest BCUT2D eigenvalue weighted by Gasteiger charge is -2.32. The van der Waals surface area contributed by atoms with E-state index in [1.54, 1.807) is 0 Å². The smallest absolute Gasteiger partial charge is 0.311 e. The van der Waals surface area contributed by atoms with E-state index in [-0.39, 0.29) is 31.2 Å². The molecule has 5 heteroatoms. The van der Waals surface area contributed by atoms with Crippen molar-refractivity contribution in [3.05, 3.63) is 0 Å². The number of hydrogen-bond acceptors (Lipinski definition) is 4. The molecule has 0 heterocycles. The summed E-state index contributed by atoms with van der Waals surface area (Å²) >= 11 is 3.44. The van der Waals surface area contributed by atoms with E-state index in [2.05, 4.69) is 29.8 Å². The van der Waals surface area contributed by atoms with Crippen LogP contribution in [0.2, 0.25) is 0 Å². The average Bonchev–Trinajstić information content (AvgIpc) is 2.28. The number of esters is 1. The van der Waals surface area contributed by atoms with Crippen LogP contribution in [0.25, 0.3) is 0 Å². The molecule has 0 aliphatic carbocycles. The Morgan fingerprint density at radius 1 is 1.22 bits per heavy atom. The van der Waals surface area contributed by atoms with Gasteiger partial charge in [0.15, 0.2) is 0 Å². The Kier molecular flexibility index (Phi) is 7.40. The van der Waals surface area contributed by atoms with Crippen LogP contribution in [-0.4, -0.2) is 41.3 Å². The molecule has 0 aromatic carbocycles. The summed E-state index contributed by atoms with van der Waals surface area (Å²) in [7, 11) is 0. The Labute approximate surface area is 118 Å². The number of carbonyl (C=O) groups is 1. The van der Waals surface area contributed by atoms with E-state index in [9.17, 15) is 4.79 Å². The van der Waals surface area contributed by atoms with E-state index in [1.807, 2.05) is 13.8 Å². The van der Waals surface area contributed by atoms with Gasteiger partial charge in [0.25, 0.3) is 0 Å². The SMILES string of the molecule is CC(C)(CBr)CC(C)(C)C(=O)OCC(CO)CO. The lowest BCUT2D eigenvalue weighted by molar-refractivity contribution is -0.157. The van der Waals surface area contributed by atoms with Crippen molar-refractivity contribution in [3.8, 4) is 0 Å². The van der Waals surface area contributed by atoms with E-state index in [1.165, 1.54) is 0 Å². The first-order valence-corrected chi connectivity index (χ1v) is 7.25. The molecule has 0 bridgehead atoms. The van der Waals surface area contributed by atoms with E-state index < -0.39 is 11.3 Å². The molecule has 0 saturated heterocycles. The number of aliphatic hydroxyl groups is 2. The van der Waals surface area contributed by atoms with Gasteiger partial charge < -0.3 is 14.9 Å². The van der Waals surface area contributed by atoms with Crippen molar-refractivity contribution in [1.82, 2.24) is 0 Å². The number of rotatable bonds is 8. The molecule has 0 aliphatic heterocycles. The summed E-state index contributed by atoms with van der Waals surface area (Å²) in [4.78, 5) is 12.0. The maximum atomic E-state index is 12.0. The second-order valence-corrected chi connectivity index (χ2v) is 6.75. The van der Waals surface area contributed by atoms with Crippen LogP contribution in [0.4, 0.5) is 0 Å². The fraction of sp³-hybridized carbons (Fsp3) is 0.923. The zero-order valence-corrected chi connectivity index (χ0v) is 13.3. The molecule has 4 nitrogen and oxygen atoms in total. The number of carbonyl (C=O) groups excluding carboxylic acids is 1. The first-order valence-electron chi connectivity index (χ1n) is 6.13. The third-order valence-electron chi connectivity index (χ3n) is 2.80. The van der Waals surface area contributed by atoms with Gasteiger partial charge in [0.2, 0.25) is 0 Å². The number of ether oxygens (including phenoxy) is 1. The van der Waals surface area contributed by atoms with Gasteiger partial charge in [-0.3, -0.25) is 4.79 Å². The first-order chi connectivity index (χ1) is 8.18. The third-order valence-corrected chi connectivity index (χ3v) is 4.32. The number of aliphatic hydroxyl groups excluding tert-OH is 2. The Bertz CT molecular complexity index is 260. The molecule has 18 heavy (non-hydrogen) atoms. The van der Waals surface area contributed by atoms with E-state index in [0.717, 1.165) is 5.33 Å². The zero-order chi connectivity index (χ0) is 14.4. The van der Waals surface area contributed by atoms with Crippen LogP contribution in [0.5, 0.6) is 0 Å². The van der Waals surface area contributed by atoms with Crippen molar-refractivity contribution in [2.75, 3.05) is 25.2 Å². The largest absolute Gasteiger partial charge is 0.465 e. The van der Waals surface area contributed by atoms with Crippen LogP contribution < -0.4 is 0 Å². The molecule has 0 amide bonds. The van der Waals surface area contributed by atoms with Gasteiger partial charge in [-0.15, -0.1) is 0 Å². The summed E-state index contributed by atoms with van der Waals surface area (Å²) in [5.74, 6) is -0.683. The topological polar surface area (TPSA) is 66.8 Å². The van der Waals surface area contributed by atoms with Gasteiger partial charge in [0.1, 0.15) is 0 Å². The molecule has 0 atom stereocenters.